The zero-order valence-electron chi connectivity index (χ0n) is 12.0. The van der Waals surface area contributed by atoms with Crippen LogP contribution < -0.4 is 10.2 Å². The van der Waals surface area contributed by atoms with Gasteiger partial charge in [0.15, 0.2) is 0 Å². The Morgan fingerprint density at radius 1 is 1.25 bits per heavy atom. The molecule has 0 unspecified atom stereocenters. The van der Waals surface area contributed by atoms with Gasteiger partial charge in [-0.25, -0.2) is 0 Å². The minimum Gasteiger partial charge on any atom is -0.352 e. The van der Waals surface area contributed by atoms with E-state index >= 15 is 0 Å². The molecule has 0 radical (unpaired) electrons. The molecule has 1 heterocycles. The number of anilines is 1. The van der Waals surface area contributed by atoms with Gasteiger partial charge in [0.05, 0.1) is 0 Å². The third kappa shape index (κ3) is 3.59. The molecule has 1 N–H and O–H groups in total. The lowest BCUT2D eigenvalue weighted by atomic mass is 10.1. The first-order chi connectivity index (χ1) is 9.72. The number of unbranched alkanes of at least 4 members (excludes halogenated alkanes) is 2. The summed E-state index contributed by atoms with van der Waals surface area (Å²) >= 11 is 0. The predicted molar refractivity (Wildman–Crippen MR) is 79.9 cm³/mol. The number of nitrogens with zero attached hydrogens (tertiary/aromatic N) is 1. The van der Waals surface area contributed by atoms with E-state index in [0.29, 0.717) is 12.0 Å². The van der Waals surface area contributed by atoms with Gasteiger partial charge in [-0.3, -0.25) is 9.59 Å². The Morgan fingerprint density at radius 3 is 2.60 bits per heavy atom. The van der Waals surface area contributed by atoms with Crippen molar-refractivity contribution < 1.29 is 9.59 Å². The van der Waals surface area contributed by atoms with Crippen LogP contribution in [0.25, 0.3) is 0 Å². The van der Waals surface area contributed by atoms with Crippen molar-refractivity contribution in [2.24, 2.45) is 0 Å². The van der Waals surface area contributed by atoms with Gasteiger partial charge in [0.25, 0.3) is 5.91 Å². The molecule has 4 nitrogen and oxygen atoms in total. The summed E-state index contributed by atoms with van der Waals surface area (Å²) in [5.41, 5.74) is 1.53. The number of rotatable bonds is 6. The summed E-state index contributed by atoms with van der Waals surface area (Å²) < 4.78 is 0. The highest BCUT2D eigenvalue weighted by Crippen LogP contribution is 2.21. The van der Waals surface area contributed by atoms with Gasteiger partial charge in [0, 0.05) is 30.8 Å². The van der Waals surface area contributed by atoms with Crippen LogP contribution in [0.2, 0.25) is 0 Å². The van der Waals surface area contributed by atoms with Crippen LogP contribution in [0.5, 0.6) is 0 Å². The highest BCUT2D eigenvalue weighted by Gasteiger charge is 2.21. The number of amides is 2. The lowest BCUT2D eigenvalue weighted by Gasteiger charge is -2.15. The molecule has 1 aromatic rings. The summed E-state index contributed by atoms with van der Waals surface area (Å²) in [6.45, 7) is 3.64. The van der Waals surface area contributed by atoms with Gasteiger partial charge in [0.1, 0.15) is 0 Å². The van der Waals surface area contributed by atoms with Gasteiger partial charge in [-0.05, 0) is 37.1 Å². The van der Waals surface area contributed by atoms with E-state index in [1.165, 1.54) is 0 Å². The van der Waals surface area contributed by atoms with Crippen LogP contribution in [0.15, 0.2) is 24.3 Å². The highest BCUT2D eigenvalue weighted by atomic mass is 16.2. The van der Waals surface area contributed by atoms with Crippen LogP contribution in [-0.4, -0.2) is 24.9 Å². The Bertz CT molecular complexity index is 468. The van der Waals surface area contributed by atoms with Crippen molar-refractivity contribution in [3.05, 3.63) is 29.8 Å². The quantitative estimate of drug-likeness (QED) is 0.811. The Kier molecular flexibility index (Phi) is 5.16. The molecular weight excluding hydrogens is 252 g/mol. The SMILES string of the molecule is CCCCCNC(=O)c1ccc(N2CCCC2=O)cc1. The second kappa shape index (κ2) is 7.08. The third-order valence-corrected chi connectivity index (χ3v) is 3.58. The Morgan fingerprint density at radius 2 is 2.00 bits per heavy atom. The van der Waals surface area contributed by atoms with E-state index < -0.39 is 0 Å². The molecule has 108 valence electrons. The van der Waals surface area contributed by atoms with Gasteiger partial charge in [-0.15, -0.1) is 0 Å². The third-order valence-electron chi connectivity index (χ3n) is 3.58. The maximum atomic E-state index is 11.9. The van der Waals surface area contributed by atoms with Gasteiger partial charge in [-0.2, -0.15) is 0 Å². The van der Waals surface area contributed by atoms with Crippen molar-refractivity contribution in [1.82, 2.24) is 5.32 Å². The first-order valence-corrected chi connectivity index (χ1v) is 7.41. The number of carbonyl (C=O) groups is 2. The fourth-order valence-corrected chi connectivity index (χ4v) is 2.39. The molecule has 2 amide bonds. The molecule has 0 aromatic heterocycles. The number of carbonyl (C=O) groups excluding carboxylic acids is 2. The lowest BCUT2D eigenvalue weighted by molar-refractivity contribution is -0.117. The molecular formula is C16H22N2O2. The minimum absolute atomic E-state index is 0.0413. The first-order valence-electron chi connectivity index (χ1n) is 7.41. The van der Waals surface area contributed by atoms with Crippen LogP contribution >= 0.6 is 0 Å². The zero-order chi connectivity index (χ0) is 14.4. The number of nitrogens with one attached hydrogen (secondary N) is 1. The molecule has 1 saturated heterocycles. The second-order valence-electron chi connectivity index (χ2n) is 5.16. The molecule has 1 aliphatic heterocycles. The monoisotopic (exact) mass is 274 g/mol. The summed E-state index contributed by atoms with van der Waals surface area (Å²) in [5.74, 6) is 0.127. The average Bonchev–Trinajstić information content (AvgIpc) is 2.90. The van der Waals surface area contributed by atoms with Gasteiger partial charge in [-0.1, -0.05) is 19.8 Å². The molecule has 0 aliphatic carbocycles. The summed E-state index contributed by atoms with van der Waals surface area (Å²) in [4.78, 5) is 25.3. The van der Waals surface area contributed by atoms with E-state index in [2.05, 4.69) is 12.2 Å². The van der Waals surface area contributed by atoms with Crippen molar-refractivity contribution >= 4 is 17.5 Å². The topological polar surface area (TPSA) is 49.4 Å². The summed E-state index contributed by atoms with van der Waals surface area (Å²) in [6, 6.07) is 7.28. The molecule has 1 aromatic carbocycles. The molecule has 2 rings (SSSR count). The van der Waals surface area contributed by atoms with E-state index in [1.54, 1.807) is 17.0 Å². The largest absolute Gasteiger partial charge is 0.352 e. The van der Waals surface area contributed by atoms with Crippen LogP contribution in [0.4, 0.5) is 5.69 Å². The number of benzene rings is 1. The highest BCUT2D eigenvalue weighted by molar-refractivity contribution is 5.97. The fourth-order valence-electron chi connectivity index (χ4n) is 2.39. The summed E-state index contributed by atoms with van der Waals surface area (Å²) in [5, 5.41) is 2.91. The van der Waals surface area contributed by atoms with Crippen molar-refractivity contribution in [3.63, 3.8) is 0 Å². The van der Waals surface area contributed by atoms with Crippen molar-refractivity contribution in [2.45, 2.75) is 39.0 Å². The minimum atomic E-state index is -0.0413. The van der Waals surface area contributed by atoms with Gasteiger partial charge >= 0.3 is 0 Å². The average molecular weight is 274 g/mol. The summed E-state index contributed by atoms with van der Waals surface area (Å²) in [7, 11) is 0. The van der Waals surface area contributed by atoms with Crippen molar-refractivity contribution in [2.75, 3.05) is 18.0 Å². The van der Waals surface area contributed by atoms with E-state index in [1.807, 2.05) is 12.1 Å². The van der Waals surface area contributed by atoms with Crippen LogP contribution in [0.1, 0.15) is 49.4 Å². The van der Waals surface area contributed by atoms with E-state index in [0.717, 1.165) is 44.5 Å². The standard InChI is InChI=1S/C16H22N2O2/c1-2-3-4-11-17-16(20)13-7-9-14(10-8-13)18-12-5-6-15(18)19/h7-10H,2-6,11-12H2,1H3,(H,17,20). The Balaban J connectivity index is 1.90. The van der Waals surface area contributed by atoms with Crippen LogP contribution in [-0.2, 0) is 4.79 Å². The van der Waals surface area contributed by atoms with E-state index in [9.17, 15) is 9.59 Å². The number of hydrogen-bond donors (Lipinski definition) is 1. The first kappa shape index (κ1) is 14.6. The zero-order valence-corrected chi connectivity index (χ0v) is 12.0. The fraction of sp³-hybridized carbons (Fsp3) is 0.500. The molecule has 0 bridgehead atoms. The molecule has 1 fully saturated rings. The molecule has 0 spiro atoms. The molecule has 1 aliphatic rings. The Hall–Kier alpha value is -1.84. The van der Waals surface area contributed by atoms with E-state index in [-0.39, 0.29) is 11.8 Å². The number of hydrogen-bond acceptors (Lipinski definition) is 2. The molecule has 0 saturated carbocycles. The normalized spacial score (nSPS) is 14.7. The maximum absolute atomic E-state index is 11.9. The lowest BCUT2D eigenvalue weighted by Crippen LogP contribution is -2.25. The smallest absolute Gasteiger partial charge is 0.251 e. The van der Waals surface area contributed by atoms with Crippen LogP contribution in [0, 0.1) is 0 Å². The van der Waals surface area contributed by atoms with Crippen LogP contribution in [0.3, 0.4) is 0 Å². The second-order valence-corrected chi connectivity index (χ2v) is 5.16. The predicted octanol–water partition coefficient (Wildman–Crippen LogP) is 2.73. The van der Waals surface area contributed by atoms with Gasteiger partial charge in [0.2, 0.25) is 5.91 Å². The van der Waals surface area contributed by atoms with Crippen molar-refractivity contribution in [3.8, 4) is 0 Å². The molecule has 4 heteroatoms. The van der Waals surface area contributed by atoms with Crippen molar-refractivity contribution in [1.29, 1.82) is 0 Å². The summed E-state index contributed by atoms with van der Waals surface area (Å²) in [6.07, 6.45) is 4.84. The molecule has 0 atom stereocenters. The molecule has 20 heavy (non-hydrogen) atoms. The van der Waals surface area contributed by atoms with E-state index in [4.69, 9.17) is 0 Å². The maximum Gasteiger partial charge on any atom is 0.251 e. The Labute approximate surface area is 120 Å². The van der Waals surface area contributed by atoms with Gasteiger partial charge < -0.3 is 10.2 Å².